The minimum Gasteiger partial charge on any atom is -0.478 e. The molecule has 0 heterocycles. The van der Waals surface area contributed by atoms with Crippen molar-refractivity contribution in [2.75, 3.05) is 0 Å². The average Bonchev–Trinajstić information content (AvgIpc) is 3.30. The first-order valence-electron chi connectivity index (χ1n) is 8.02. The molecule has 4 heteroatoms. The Morgan fingerprint density at radius 3 is 2.32 bits per heavy atom. The molecule has 1 amide bonds. The topological polar surface area (TPSA) is 57.6 Å². The van der Waals surface area contributed by atoms with Gasteiger partial charge in [0.05, 0.1) is 5.56 Å². The molecule has 1 aliphatic rings. The van der Waals surface area contributed by atoms with Crippen molar-refractivity contribution in [1.29, 1.82) is 0 Å². The molecule has 2 rings (SSSR count). The molecule has 1 aliphatic carbocycles. The zero-order chi connectivity index (χ0) is 16.4. The van der Waals surface area contributed by atoms with Crippen molar-refractivity contribution in [1.82, 2.24) is 4.90 Å². The number of carbonyl (C=O) groups excluding carboxylic acids is 1. The van der Waals surface area contributed by atoms with Crippen LogP contribution < -0.4 is 0 Å². The SMILES string of the molecule is CCC(C)C(C)N(C(=O)c1cc(C)cc(C(=O)O)c1)C1CC1. The minimum absolute atomic E-state index is 0.0403. The average molecular weight is 303 g/mol. The first-order valence-corrected chi connectivity index (χ1v) is 8.02. The molecule has 0 radical (unpaired) electrons. The van der Waals surface area contributed by atoms with E-state index in [9.17, 15) is 14.7 Å². The van der Waals surface area contributed by atoms with Crippen molar-refractivity contribution in [3.05, 3.63) is 34.9 Å². The molecule has 22 heavy (non-hydrogen) atoms. The Morgan fingerprint density at radius 2 is 1.82 bits per heavy atom. The van der Waals surface area contributed by atoms with E-state index in [1.165, 1.54) is 6.07 Å². The van der Waals surface area contributed by atoms with Crippen LogP contribution in [0.1, 0.15) is 66.3 Å². The summed E-state index contributed by atoms with van der Waals surface area (Å²) in [6.07, 6.45) is 3.11. The van der Waals surface area contributed by atoms with Crippen LogP contribution in [0, 0.1) is 12.8 Å². The molecule has 2 unspecified atom stereocenters. The summed E-state index contributed by atoms with van der Waals surface area (Å²) in [7, 11) is 0. The minimum atomic E-state index is -0.995. The highest BCUT2D eigenvalue weighted by molar-refractivity contribution is 5.98. The van der Waals surface area contributed by atoms with Crippen LogP contribution in [0.5, 0.6) is 0 Å². The Hall–Kier alpha value is -1.84. The predicted molar refractivity (Wildman–Crippen MR) is 86.2 cm³/mol. The van der Waals surface area contributed by atoms with E-state index in [2.05, 4.69) is 20.8 Å². The van der Waals surface area contributed by atoms with Gasteiger partial charge in [0.15, 0.2) is 0 Å². The lowest BCUT2D eigenvalue weighted by Crippen LogP contribution is -2.43. The van der Waals surface area contributed by atoms with Gasteiger partial charge >= 0.3 is 5.97 Å². The normalized spacial score (nSPS) is 16.9. The van der Waals surface area contributed by atoms with Crippen LogP contribution in [0.4, 0.5) is 0 Å². The van der Waals surface area contributed by atoms with Crippen LogP contribution in [0.25, 0.3) is 0 Å². The highest BCUT2D eigenvalue weighted by Crippen LogP contribution is 2.33. The fraction of sp³-hybridized carbons (Fsp3) is 0.556. The van der Waals surface area contributed by atoms with Gasteiger partial charge in [0, 0.05) is 17.6 Å². The molecule has 1 aromatic carbocycles. The van der Waals surface area contributed by atoms with Crippen molar-refractivity contribution < 1.29 is 14.7 Å². The standard InChI is InChI=1S/C18H25NO3/c1-5-12(3)13(4)19(16-6-7-16)17(20)14-8-11(2)9-15(10-14)18(21)22/h8-10,12-13,16H,5-7H2,1-4H3,(H,21,22). The van der Waals surface area contributed by atoms with Crippen LogP contribution in [0.2, 0.25) is 0 Å². The number of amides is 1. The number of hydrogen-bond donors (Lipinski definition) is 1. The van der Waals surface area contributed by atoms with Gasteiger partial charge in [0.1, 0.15) is 0 Å². The highest BCUT2D eigenvalue weighted by atomic mass is 16.4. The second-order valence-electron chi connectivity index (χ2n) is 6.46. The van der Waals surface area contributed by atoms with Crippen molar-refractivity contribution in [3.63, 3.8) is 0 Å². The lowest BCUT2D eigenvalue weighted by molar-refractivity contribution is 0.0615. The molecule has 0 spiro atoms. The van der Waals surface area contributed by atoms with Gasteiger partial charge in [-0.05, 0) is 56.4 Å². The zero-order valence-electron chi connectivity index (χ0n) is 13.8. The molecule has 0 bridgehead atoms. The number of nitrogens with zero attached hydrogens (tertiary/aromatic N) is 1. The van der Waals surface area contributed by atoms with Crippen LogP contribution >= 0.6 is 0 Å². The lowest BCUT2D eigenvalue weighted by Gasteiger charge is -2.33. The summed E-state index contributed by atoms with van der Waals surface area (Å²) in [5, 5.41) is 9.19. The van der Waals surface area contributed by atoms with Gasteiger partial charge in [-0.3, -0.25) is 4.79 Å². The van der Waals surface area contributed by atoms with Crippen LogP contribution in [0.15, 0.2) is 18.2 Å². The van der Waals surface area contributed by atoms with Gasteiger partial charge < -0.3 is 10.0 Å². The van der Waals surface area contributed by atoms with Crippen molar-refractivity contribution in [2.45, 2.75) is 59.0 Å². The molecule has 0 aromatic heterocycles. The second kappa shape index (κ2) is 6.51. The van der Waals surface area contributed by atoms with Gasteiger partial charge in [-0.2, -0.15) is 0 Å². The fourth-order valence-corrected chi connectivity index (χ4v) is 2.83. The van der Waals surface area contributed by atoms with E-state index in [0.717, 1.165) is 24.8 Å². The summed E-state index contributed by atoms with van der Waals surface area (Å²) in [6, 6.07) is 5.35. The maximum absolute atomic E-state index is 12.9. The number of carboxylic acids is 1. The number of rotatable bonds is 6. The summed E-state index contributed by atoms with van der Waals surface area (Å²) in [5.41, 5.74) is 1.46. The number of aryl methyl sites for hydroxylation is 1. The van der Waals surface area contributed by atoms with Crippen LogP contribution in [0.3, 0.4) is 0 Å². The summed E-state index contributed by atoms with van der Waals surface area (Å²) < 4.78 is 0. The summed E-state index contributed by atoms with van der Waals surface area (Å²) in [5.74, 6) is -0.611. The van der Waals surface area contributed by atoms with E-state index in [0.29, 0.717) is 17.5 Å². The van der Waals surface area contributed by atoms with Gasteiger partial charge in [-0.25, -0.2) is 4.79 Å². The van der Waals surface area contributed by atoms with E-state index < -0.39 is 5.97 Å². The molecule has 4 nitrogen and oxygen atoms in total. The maximum Gasteiger partial charge on any atom is 0.335 e. The van der Waals surface area contributed by atoms with Gasteiger partial charge in [0.25, 0.3) is 5.91 Å². The molecule has 1 aromatic rings. The number of carbonyl (C=O) groups is 2. The molecule has 2 atom stereocenters. The third-order valence-electron chi connectivity index (χ3n) is 4.65. The molecule has 1 N–H and O–H groups in total. The number of hydrogen-bond acceptors (Lipinski definition) is 2. The predicted octanol–water partition coefficient (Wildman–Crippen LogP) is 3.73. The second-order valence-corrected chi connectivity index (χ2v) is 6.46. The van der Waals surface area contributed by atoms with E-state index in [4.69, 9.17) is 0 Å². The number of benzene rings is 1. The van der Waals surface area contributed by atoms with E-state index in [1.54, 1.807) is 12.1 Å². The Balaban J connectivity index is 2.33. The number of carboxylic acid groups (broad SMARTS) is 1. The Kier molecular flexibility index (Phi) is 4.89. The van der Waals surface area contributed by atoms with Gasteiger partial charge in [0.2, 0.25) is 0 Å². The smallest absolute Gasteiger partial charge is 0.335 e. The first kappa shape index (κ1) is 16.5. The lowest BCUT2D eigenvalue weighted by atomic mass is 9.97. The van der Waals surface area contributed by atoms with Crippen molar-refractivity contribution >= 4 is 11.9 Å². The third-order valence-corrected chi connectivity index (χ3v) is 4.65. The largest absolute Gasteiger partial charge is 0.478 e. The molecule has 1 saturated carbocycles. The van der Waals surface area contributed by atoms with E-state index >= 15 is 0 Å². The van der Waals surface area contributed by atoms with Gasteiger partial charge in [-0.15, -0.1) is 0 Å². The summed E-state index contributed by atoms with van der Waals surface area (Å²) >= 11 is 0. The Morgan fingerprint density at radius 1 is 1.23 bits per heavy atom. The van der Waals surface area contributed by atoms with Crippen molar-refractivity contribution in [3.8, 4) is 0 Å². The fourth-order valence-electron chi connectivity index (χ4n) is 2.83. The molecule has 120 valence electrons. The Labute approximate surface area is 132 Å². The first-order chi connectivity index (χ1) is 10.3. The zero-order valence-corrected chi connectivity index (χ0v) is 13.8. The molecular weight excluding hydrogens is 278 g/mol. The molecule has 1 fully saturated rings. The Bertz CT molecular complexity index is 578. The third kappa shape index (κ3) is 3.49. The quantitative estimate of drug-likeness (QED) is 0.871. The molecular formula is C18H25NO3. The molecule has 0 aliphatic heterocycles. The number of aromatic carboxylic acids is 1. The highest BCUT2D eigenvalue weighted by Gasteiger charge is 2.37. The monoisotopic (exact) mass is 303 g/mol. The van der Waals surface area contributed by atoms with Gasteiger partial charge in [-0.1, -0.05) is 20.3 Å². The maximum atomic E-state index is 12.9. The van der Waals surface area contributed by atoms with Crippen molar-refractivity contribution in [2.24, 2.45) is 5.92 Å². The van der Waals surface area contributed by atoms with E-state index in [1.807, 2.05) is 11.8 Å². The molecule has 0 saturated heterocycles. The van der Waals surface area contributed by atoms with Crippen LogP contribution in [-0.2, 0) is 0 Å². The van der Waals surface area contributed by atoms with E-state index in [-0.39, 0.29) is 17.5 Å². The van der Waals surface area contributed by atoms with Crippen LogP contribution in [-0.4, -0.2) is 34.0 Å². The summed E-state index contributed by atoms with van der Waals surface area (Å²) in [6.45, 7) is 8.21. The summed E-state index contributed by atoms with van der Waals surface area (Å²) in [4.78, 5) is 26.1.